The number of carbonyl (C=O) groups excluding carboxylic acids is 2. The maximum Gasteiger partial charge on any atom is 0.416 e. The Morgan fingerprint density at radius 2 is 1.92 bits per heavy atom. The first-order chi connectivity index (χ1) is 12.1. The van der Waals surface area contributed by atoms with Crippen LogP contribution >= 0.6 is 23.4 Å². The molecule has 0 fully saturated rings. The van der Waals surface area contributed by atoms with Crippen LogP contribution < -0.4 is 10.6 Å². The van der Waals surface area contributed by atoms with E-state index in [-0.39, 0.29) is 10.7 Å². The van der Waals surface area contributed by atoms with Gasteiger partial charge in [0.15, 0.2) is 4.75 Å². The first kappa shape index (κ1) is 18.6. The number of amides is 2. The number of anilines is 2. The third-order valence-corrected chi connectivity index (χ3v) is 5.54. The van der Waals surface area contributed by atoms with Gasteiger partial charge in [-0.3, -0.25) is 9.59 Å². The van der Waals surface area contributed by atoms with Gasteiger partial charge in [0.25, 0.3) is 0 Å². The molecule has 1 heterocycles. The van der Waals surface area contributed by atoms with Gasteiger partial charge in [-0.15, -0.1) is 0 Å². The molecule has 0 aromatic heterocycles. The number of nitrogens with one attached hydrogen (secondary N) is 2. The predicted octanol–water partition coefficient (Wildman–Crippen LogP) is 4.80. The van der Waals surface area contributed by atoms with Gasteiger partial charge in [-0.05, 0) is 37.3 Å². The van der Waals surface area contributed by atoms with Crippen molar-refractivity contribution in [1.29, 1.82) is 0 Å². The monoisotopic (exact) mass is 400 g/mol. The minimum absolute atomic E-state index is 0.0587. The number of thioether (sulfide) groups is 1. The summed E-state index contributed by atoms with van der Waals surface area (Å²) < 4.78 is 37.0. The zero-order valence-electron chi connectivity index (χ0n) is 13.3. The lowest BCUT2D eigenvalue weighted by Gasteiger charge is -2.31. The summed E-state index contributed by atoms with van der Waals surface area (Å²) in [7, 11) is 0. The third-order valence-electron chi connectivity index (χ3n) is 3.86. The minimum Gasteiger partial charge on any atom is -0.323 e. The fourth-order valence-corrected chi connectivity index (χ4v) is 3.62. The van der Waals surface area contributed by atoms with Gasteiger partial charge in [-0.1, -0.05) is 35.5 Å². The molecule has 1 aliphatic rings. The van der Waals surface area contributed by atoms with E-state index in [2.05, 4.69) is 10.6 Å². The van der Waals surface area contributed by atoms with Crippen LogP contribution in [-0.2, 0) is 15.8 Å². The molecule has 26 heavy (non-hydrogen) atoms. The predicted molar refractivity (Wildman–Crippen MR) is 94.4 cm³/mol. The highest BCUT2D eigenvalue weighted by Gasteiger charge is 2.46. The van der Waals surface area contributed by atoms with Crippen LogP contribution in [-0.4, -0.2) is 16.6 Å². The van der Waals surface area contributed by atoms with E-state index >= 15 is 0 Å². The van der Waals surface area contributed by atoms with E-state index in [4.69, 9.17) is 11.6 Å². The van der Waals surface area contributed by atoms with E-state index in [0.717, 1.165) is 30.0 Å². The molecule has 4 nitrogen and oxygen atoms in total. The van der Waals surface area contributed by atoms with Gasteiger partial charge < -0.3 is 10.6 Å². The van der Waals surface area contributed by atoms with Crippen LogP contribution in [0.5, 0.6) is 0 Å². The maximum atomic E-state index is 12.9. The van der Waals surface area contributed by atoms with Crippen molar-refractivity contribution in [3.63, 3.8) is 0 Å². The van der Waals surface area contributed by atoms with Crippen molar-refractivity contribution in [2.75, 3.05) is 10.6 Å². The number of hydrogen-bond acceptors (Lipinski definition) is 3. The van der Waals surface area contributed by atoms with Crippen LogP contribution in [0.4, 0.5) is 24.5 Å². The molecule has 2 aromatic carbocycles. The van der Waals surface area contributed by atoms with E-state index < -0.39 is 28.3 Å². The van der Waals surface area contributed by atoms with Gasteiger partial charge >= 0.3 is 6.18 Å². The Morgan fingerprint density at radius 1 is 1.23 bits per heavy atom. The molecule has 2 amide bonds. The smallest absolute Gasteiger partial charge is 0.323 e. The largest absolute Gasteiger partial charge is 0.416 e. The van der Waals surface area contributed by atoms with Crippen molar-refractivity contribution < 1.29 is 22.8 Å². The lowest BCUT2D eigenvalue weighted by Crippen LogP contribution is -2.49. The molecule has 0 spiro atoms. The van der Waals surface area contributed by atoms with Gasteiger partial charge in [0.05, 0.1) is 22.0 Å². The molecule has 136 valence electrons. The average molecular weight is 401 g/mol. The molecule has 0 saturated carbocycles. The highest BCUT2D eigenvalue weighted by atomic mass is 35.5. The molecule has 0 saturated heterocycles. The summed E-state index contributed by atoms with van der Waals surface area (Å²) in [5.74, 6) is -1.34. The van der Waals surface area contributed by atoms with E-state index in [0.29, 0.717) is 10.6 Å². The lowest BCUT2D eigenvalue weighted by molar-refractivity contribution is -0.137. The Morgan fingerprint density at radius 3 is 2.62 bits per heavy atom. The zero-order valence-corrected chi connectivity index (χ0v) is 14.9. The number of halogens is 4. The molecule has 2 N–H and O–H groups in total. The van der Waals surface area contributed by atoms with Crippen molar-refractivity contribution in [2.45, 2.75) is 22.7 Å². The minimum atomic E-state index is -4.58. The molecular formula is C17H12ClF3N2O2S. The van der Waals surface area contributed by atoms with Crippen LogP contribution in [0.1, 0.15) is 12.5 Å². The Labute approximate surface area is 156 Å². The third kappa shape index (κ3) is 3.39. The number of hydrogen-bond donors (Lipinski definition) is 2. The summed E-state index contributed by atoms with van der Waals surface area (Å²) in [5.41, 5.74) is -0.585. The number of benzene rings is 2. The molecule has 1 unspecified atom stereocenters. The summed E-state index contributed by atoms with van der Waals surface area (Å²) in [6, 6.07) is 9.53. The van der Waals surface area contributed by atoms with E-state index in [9.17, 15) is 22.8 Å². The summed E-state index contributed by atoms with van der Waals surface area (Å²) >= 11 is 6.92. The number of fused-ring (bicyclic) bond motifs is 1. The first-order valence-electron chi connectivity index (χ1n) is 7.39. The second kappa shape index (κ2) is 6.51. The SMILES string of the molecule is CC1(C(=O)Nc2cc(C(F)(F)F)ccc2Cl)Sc2ccccc2NC1=O. The van der Waals surface area contributed by atoms with Crippen molar-refractivity contribution in [2.24, 2.45) is 0 Å². The average Bonchev–Trinajstić information content (AvgIpc) is 2.56. The van der Waals surface area contributed by atoms with Gasteiger partial charge in [-0.2, -0.15) is 13.2 Å². The van der Waals surface area contributed by atoms with Crippen molar-refractivity contribution in [3.8, 4) is 0 Å². The highest BCUT2D eigenvalue weighted by molar-refractivity contribution is 8.02. The van der Waals surface area contributed by atoms with Gasteiger partial charge in [0, 0.05) is 4.90 Å². The Bertz CT molecular complexity index is 904. The first-order valence-corrected chi connectivity index (χ1v) is 8.58. The summed E-state index contributed by atoms with van der Waals surface area (Å²) in [6.45, 7) is 1.40. The Balaban J connectivity index is 1.90. The number of carbonyl (C=O) groups is 2. The van der Waals surface area contributed by atoms with Crippen molar-refractivity contribution in [1.82, 2.24) is 0 Å². The molecule has 9 heteroatoms. The normalized spacial score (nSPS) is 19.5. The molecule has 1 atom stereocenters. The maximum absolute atomic E-state index is 12.9. The lowest BCUT2D eigenvalue weighted by atomic mass is 10.1. The standard InChI is InChI=1S/C17H12ClF3N2O2S/c1-16(14(24)22-11-4-2-3-5-13(11)26-16)15(25)23-12-8-9(17(19,20)21)6-7-10(12)18/h2-8H,1H3,(H,22,24)(H,23,25). The summed E-state index contributed by atoms with van der Waals surface area (Å²) in [6.07, 6.45) is -4.58. The fourth-order valence-electron chi connectivity index (χ4n) is 2.36. The Hall–Kier alpha value is -2.19. The van der Waals surface area contributed by atoms with Gasteiger partial charge in [-0.25, -0.2) is 0 Å². The van der Waals surface area contributed by atoms with E-state index in [1.165, 1.54) is 6.92 Å². The van der Waals surface area contributed by atoms with E-state index in [1.54, 1.807) is 24.3 Å². The Kier molecular flexibility index (Phi) is 4.66. The number of rotatable bonds is 2. The second-order valence-electron chi connectivity index (χ2n) is 5.73. The van der Waals surface area contributed by atoms with Gasteiger partial charge in [0.2, 0.25) is 11.8 Å². The molecule has 3 rings (SSSR count). The summed E-state index contributed by atoms with van der Waals surface area (Å²) in [4.78, 5) is 25.8. The molecular weight excluding hydrogens is 389 g/mol. The zero-order chi connectivity index (χ0) is 19.1. The van der Waals surface area contributed by atoms with Crippen LogP contribution in [0, 0.1) is 0 Å². The molecule has 0 radical (unpaired) electrons. The molecule has 0 bridgehead atoms. The molecule has 0 aliphatic carbocycles. The molecule has 2 aromatic rings. The number of alkyl halides is 3. The van der Waals surface area contributed by atoms with Crippen molar-refractivity contribution in [3.05, 3.63) is 53.1 Å². The summed E-state index contributed by atoms with van der Waals surface area (Å²) in [5, 5.41) is 4.92. The van der Waals surface area contributed by atoms with Crippen LogP contribution in [0.15, 0.2) is 47.4 Å². The van der Waals surface area contributed by atoms with Crippen molar-refractivity contribution >= 4 is 46.6 Å². The quantitative estimate of drug-likeness (QED) is 0.712. The highest BCUT2D eigenvalue weighted by Crippen LogP contribution is 2.43. The second-order valence-corrected chi connectivity index (χ2v) is 7.60. The molecule has 1 aliphatic heterocycles. The van der Waals surface area contributed by atoms with Crippen LogP contribution in [0.2, 0.25) is 5.02 Å². The van der Waals surface area contributed by atoms with Crippen LogP contribution in [0.3, 0.4) is 0 Å². The fraction of sp³-hybridized carbons (Fsp3) is 0.176. The topological polar surface area (TPSA) is 58.2 Å². The number of para-hydroxylation sites is 1. The van der Waals surface area contributed by atoms with Crippen LogP contribution in [0.25, 0.3) is 0 Å². The van der Waals surface area contributed by atoms with E-state index in [1.807, 2.05) is 0 Å². The van der Waals surface area contributed by atoms with Gasteiger partial charge in [0.1, 0.15) is 0 Å².